The summed E-state index contributed by atoms with van der Waals surface area (Å²) >= 11 is 0. The highest BCUT2D eigenvalue weighted by Gasteiger charge is 2.14. The Hall–Kier alpha value is -2.35. The Morgan fingerprint density at radius 2 is 2.41 bits per heavy atom. The van der Waals surface area contributed by atoms with Crippen LogP contribution in [0.4, 0.5) is 5.82 Å². The largest absolute Gasteiger partial charge is 0.480 e. The number of carbonyl (C=O) groups is 1. The number of anilines is 1. The number of aliphatic carboxylic acids is 1. The molecule has 5 nitrogen and oxygen atoms in total. The third-order valence-electron chi connectivity index (χ3n) is 2.11. The van der Waals surface area contributed by atoms with Gasteiger partial charge in [-0.25, -0.2) is 4.98 Å². The molecule has 0 saturated heterocycles. The molecule has 88 valence electrons. The molecule has 1 rings (SSSR count). The van der Waals surface area contributed by atoms with Gasteiger partial charge in [-0.1, -0.05) is 6.08 Å². The molecule has 0 saturated carbocycles. The van der Waals surface area contributed by atoms with Crippen molar-refractivity contribution in [3.63, 3.8) is 0 Å². The van der Waals surface area contributed by atoms with Gasteiger partial charge < -0.3 is 10.0 Å². The van der Waals surface area contributed by atoms with Gasteiger partial charge in [0.15, 0.2) is 0 Å². The molecule has 0 aliphatic rings. The third kappa shape index (κ3) is 3.31. The molecule has 0 bridgehead atoms. The first kappa shape index (κ1) is 12.7. The number of aryl methyl sites for hydroxylation is 1. The fourth-order valence-corrected chi connectivity index (χ4v) is 1.42. The number of pyridine rings is 1. The van der Waals surface area contributed by atoms with E-state index in [4.69, 9.17) is 10.4 Å². The molecule has 0 atom stereocenters. The summed E-state index contributed by atoms with van der Waals surface area (Å²) in [5.74, 6) is -0.589. The molecule has 0 unspecified atom stereocenters. The van der Waals surface area contributed by atoms with Gasteiger partial charge in [-0.3, -0.25) is 4.79 Å². The zero-order chi connectivity index (χ0) is 12.8. The van der Waals surface area contributed by atoms with Crippen LogP contribution in [-0.4, -0.2) is 29.1 Å². The lowest BCUT2D eigenvalue weighted by atomic mass is 10.2. The van der Waals surface area contributed by atoms with Crippen molar-refractivity contribution in [1.82, 2.24) is 4.98 Å². The molecule has 0 fully saturated rings. The molecule has 0 spiro atoms. The molecule has 1 aromatic rings. The van der Waals surface area contributed by atoms with Gasteiger partial charge >= 0.3 is 5.97 Å². The standard InChI is InChI=1S/C12H13N3O2/c1-3-6-15(8-11(16)17)12-10(7-13)5-4-9(2)14-12/h3-5H,1,6,8H2,2H3,(H,16,17). The van der Waals surface area contributed by atoms with Gasteiger partial charge in [0.1, 0.15) is 18.4 Å². The van der Waals surface area contributed by atoms with E-state index < -0.39 is 5.97 Å². The van der Waals surface area contributed by atoms with E-state index in [0.29, 0.717) is 17.9 Å². The first-order valence-corrected chi connectivity index (χ1v) is 5.04. The maximum Gasteiger partial charge on any atom is 0.323 e. The number of rotatable bonds is 5. The third-order valence-corrected chi connectivity index (χ3v) is 2.11. The van der Waals surface area contributed by atoms with Crippen LogP contribution in [0, 0.1) is 18.3 Å². The molecule has 5 heteroatoms. The van der Waals surface area contributed by atoms with E-state index in [9.17, 15) is 4.79 Å². The van der Waals surface area contributed by atoms with Gasteiger partial charge in [-0.05, 0) is 19.1 Å². The summed E-state index contributed by atoms with van der Waals surface area (Å²) in [7, 11) is 0. The van der Waals surface area contributed by atoms with Gasteiger partial charge in [0.25, 0.3) is 0 Å². The Morgan fingerprint density at radius 3 is 2.94 bits per heavy atom. The summed E-state index contributed by atoms with van der Waals surface area (Å²) < 4.78 is 0. The van der Waals surface area contributed by atoms with E-state index >= 15 is 0 Å². The van der Waals surface area contributed by atoms with Crippen molar-refractivity contribution in [3.05, 3.63) is 36.0 Å². The highest BCUT2D eigenvalue weighted by Crippen LogP contribution is 2.17. The lowest BCUT2D eigenvalue weighted by Gasteiger charge is -2.21. The second-order valence-electron chi connectivity index (χ2n) is 3.50. The Balaban J connectivity index is 3.16. The number of aromatic nitrogens is 1. The van der Waals surface area contributed by atoms with Gasteiger partial charge in [-0.15, -0.1) is 6.58 Å². The predicted octanol–water partition coefficient (Wildman–Crippen LogP) is 1.34. The lowest BCUT2D eigenvalue weighted by Crippen LogP contribution is -2.31. The first-order chi connectivity index (χ1) is 8.08. The van der Waals surface area contributed by atoms with Gasteiger partial charge in [0.05, 0.1) is 5.56 Å². The van der Waals surface area contributed by atoms with Crippen LogP contribution in [0.1, 0.15) is 11.3 Å². The number of nitrogens with zero attached hydrogens (tertiary/aromatic N) is 3. The van der Waals surface area contributed by atoms with Crippen molar-refractivity contribution in [1.29, 1.82) is 5.26 Å². The van der Waals surface area contributed by atoms with Crippen molar-refractivity contribution >= 4 is 11.8 Å². The molecular formula is C12H13N3O2. The molecule has 0 aromatic carbocycles. The van der Waals surface area contributed by atoms with E-state index in [-0.39, 0.29) is 6.54 Å². The van der Waals surface area contributed by atoms with Crippen LogP contribution in [0.2, 0.25) is 0 Å². The Morgan fingerprint density at radius 1 is 1.71 bits per heavy atom. The minimum Gasteiger partial charge on any atom is -0.480 e. The number of carboxylic acids is 1. The quantitative estimate of drug-likeness (QED) is 0.774. The van der Waals surface area contributed by atoms with Gasteiger partial charge in [0, 0.05) is 12.2 Å². The van der Waals surface area contributed by atoms with Crippen LogP contribution in [0.15, 0.2) is 24.8 Å². The van der Waals surface area contributed by atoms with Crippen LogP contribution in [0.5, 0.6) is 0 Å². The fraction of sp³-hybridized carbons (Fsp3) is 0.250. The van der Waals surface area contributed by atoms with Crippen LogP contribution in [0.25, 0.3) is 0 Å². The maximum atomic E-state index is 10.8. The normalized spacial score (nSPS) is 9.41. The van der Waals surface area contributed by atoms with Crippen LogP contribution in [-0.2, 0) is 4.79 Å². The zero-order valence-electron chi connectivity index (χ0n) is 9.55. The Labute approximate surface area is 99.6 Å². The summed E-state index contributed by atoms with van der Waals surface area (Å²) in [5, 5.41) is 17.8. The minimum absolute atomic E-state index is 0.211. The Kier molecular flexibility index (Phi) is 4.23. The first-order valence-electron chi connectivity index (χ1n) is 5.04. The second-order valence-corrected chi connectivity index (χ2v) is 3.50. The highest BCUT2D eigenvalue weighted by atomic mass is 16.4. The number of carboxylic acid groups (broad SMARTS) is 1. The van der Waals surface area contributed by atoms with E-state index in [1.807, 2.05) is 6.07 Å². The van der Waals surface area contributed by atoms with E-state index in [2.05, 4.69) is 11.6 Å². The van der Waals surface area contributed by atoms with Crippen molar-refractivity contribution in [2.24, 2.45) is 0 Å². The monoisotopic (exact) mass is 231 g/mol. The fourth-order valence-electron chi connectivity index (χ4n) is 1.42. The van der Waals surface area contributed by atoms with Crippen LogP contribution < -0.4 is 4.90 Å². The topological polar surface area (TPSA) is 77.2 Å². The summed E-state index contributed by atoms with van der Waals surface area (Å²) in [6.07, 6.45) is 1.58. The number of hydrogen-bond acceptors (Lipinski definition) is 4. The molecule has 17 heavy (non-hydrogen) atoms. The summed E-state index contributed by atoms with van der Waals surface area (Å²) in [4.78, 5) is 16.5. The predicted molar refractivity (Wildman–Crippen MR) is 63.7 cm³/mol. The molecule has 0 radical (unpaired) electrons. The molecule has 0 aliphatic carbocycles. The summed E-state index contributed by atoms with van der Waals surface area (Å²) in [6, 6.07) is 5.36. The van der Waals surface area contributed by atoms with Crippen molar-refractivity contribution in [2.45, 2.75) is 6.92 Å². The van der Waals surface area contributed by atoms with Gasteiger partial charge in [-0.2, -0.15) is 5.26 Å². The smallest absolute Gasteiger partial charge is 0.323 e. The average molecular weight is 231 g/mol. The van der Waals surface area contributed by atoms with Crippen LogP contribution >= 0.6 is 0 Å². The molecule has 1 aromatic heterocycles. The summed E-state index contributed by atoms with van der Waals surface area (Å²) in [6.45, 7) is 5.47. The van der Waals surface area contributed by atoms with E-state index in [1.54, 1.807) is 25.1 Å². The van der Waals surface area contributed by atoms with Crippen molar-refractivity contribution in [3.8, 4) is 6.07 Å². The zero-order valence-corrected chi connectivity index (χ0v) is 9.55. The lowest BCUT2D eigenvalue weighted by molar-refractivity contribution is -0.135. The minimum atomic E-state index is -0.973. The van der Waals surface area contributed by atoms with Crippen molar-refractivity contribution < 1.29 is 9.90 Å². The Bertz CT molecular complexity index is 477. The van der Waals surface area contributed by atoms with E-state index in [1.165, 1.54) is 4.90 Å². The second kappa shape index (κ2) is 5.66. The maximum absolute atomic E-state index is 10.8. The van der Waals surface area contributed by atoms with Crippen molar-refractivity contribution in [2.75, 3.05) is 18.0 Å². The average Bonchev–Trinajstić information content (AvgIpc) is 2.28. The number of nitriles is 1. The van der Waals surface area contributed by atoms with Gasteiger partial charge in [0.2, 0.25) is 0 Å². The highest BCUT2D eigenvalue weighted by molar-refractivity contribution is 5.74. The molecule has 1 N–H and O–H groups in total. The summed E-state index contributed by atoms with van der Waals surface area (Å²) in [5.41, 5.74) is 1.09. The molecule has 1 heterocycles. The SMILES string of the molecule is C=CCN(CC(=O)O)c1nc(C)ccc1C#N. The van der Waals surface area contributed by atoms with Crippen LogP contribution in [0.3, 0.4) is 0 Å². The molecular weight excluding hydrogens is 218 g/mol. The number of hydrogen-bond donors (Lipinski definition) is 1. The van der Waals surface area contributed by atoms with E-state index in [0.717, 1.165) is 5.69 Å². The molecule has 0 aliphatic heterocycles. The molecule has 0 amide bonds.